The van der Waals surface area contributed by atoms with E-state index in [2.05, 4.69) is 5.32 Å². The molecule has 1 aromatic rings. The van der Waals surface area contributed by atoms with Crippen molar-refractivity contribution in [1.29, 1.82) is 0 Å². The Morgan fingerprint density at radius 1 is 1.45 bits per heavy atom. The lowest BCUT2D eigenvalue weighted by Gasteiger charge is -2.23. The van der Waals surface area contributed by atoms with Crippen molar-refractivity contribution in [2.45, 2.75) is 39.0 Å². The van der Waals surface area contributed by atoms with Gasteiger partial charge in [0.1, 0.15) is 25.1 Å². The van der Waals surface area contributed by atoms with Crippen molar-refractivity contribution in [1.82, 2.24) is 5.32 Å². The van der Waals surface area contributed by atoms with Gasteiger partial charge in [-0.1, -0.05) is 0 Å². The first-order valence-corrected chi connectivity index (χ1v) is 6.71. The van der Waals surface area contributed by atoms with E-state index in [1.807, 2.05) is 20.8 Å². The number of hydrogen-bond acceptors (Lipinski definition) is 5. The van der Waals surface area contributed by atoms with Gasteiger partial charge in [-0.3, -0.25) is 0 Å². The van der Waals surface area contributed by atoms with Crippen LogP contribution in [0, 0.1) is 0 Å². The number of carbonyl (C=O) groups is 1. The van der Waals surface area contributed by atoms with Gasteiger partial charge in [-0.2, -0.15) is 0 Å². The number of benzene rings is 1. The molecule has 1 atom stereocenters. The first kappa shape index (κ1) is 14.8. The molecule has 5 nitrogen and oxygen atoms in total. The van der Waals surface area contributed by atoms with Crippen LogP contribution >= 0.6 is 0 Å². The number of aliphatic hydroxyl groups is 1. The van der Waals surface area contributed by atoms with E-state index in [0.717, 1.165) is 5.56 Å². The van der Waals surface area contributed by atoms with Gasteiger partial charge in [0, 0.05) is 17.6 Å². The molecule has 1 aliphatic heterocycles. The van der Waals surface area contributed by atoms with Gasteiger partial charge in [-0.25, -0.2) is 4.79 Å². The zero-order valence-electron chi connectivity index (χ0n) is 12.1. The summed E-state index contributed by atoms with van der Waals surface area (Å²) in [5.74, 6) is 0.345. The van der Waals surface area contributed by atoms with Crippen LogP contribution in [0.4, 0.5) is 0 Å². The van der Waals surface area contributed by atoms with E-state index in [-0.39, 0.29) is 18.1 Å². The number of aliphatic hydroxyl groups excluding tert-OH is 1. The Morgan fingerprint density at radius 3 is 2.90 bits per heavy atom. The molecule has 0 saturated carbocycles. The third kappa shape index (κ3) is 3.95. The SMILES string of the molecule is CC(C)(C)NCC(O)COc1ccc2c(c1)COC2=O. The number of cyclic esters (lactones) is 1. The van der Waals surface area contributed by atoms with Crippen molar-refractivity contribution >= 4 is 5.97 Å². The summed E-state index contributed by atoms with van der Waals surface area (Å²) < 4.78 is 10.5. The number of carbonyl (C=O) groups excluding carboxylic acids is 1. The minimum atomic E-state index is -0.583. The summed E-state index contributed by atoms with van der Waals surface area (Å²) in [7, 11) is 0. The first-order chi connectivity index (χ1) is 9.35. The molecule has 2 N–H and O–H groups in total. The maximum absolute atomic E-state index is 11.3. The van der Waals surface area contributed by atoms with Crippen molar-refractivity contribution in [3.8, 4) is 5.75 Å². The van der Waals surface area contributed by atoms with Gasteiger partial charge in [0.05, 0.1) is 5.56 Å². The molecule has 5 heteroatoms. The van der Waals surface area contributed by atoms with Crippen LogP contribution in [0.5, 0.6) is 5.75 Å². The minimum absolute atomic E-state index is 0.0355. The van der Waals surface area contributed by atoms with Crippen molar-refractivity contribution in [3.63, 3.8) is 0 Å². The summed E-state index contributed by atoms with van der Waals surface area (Å²) in [5, 5.41) is 13.1. The normalized spacial score (nSPS) is 15.7. The van der Waals surface area contributed by atoms with Gasteiger partial charge in [0.2, 0.25) is 0 Å². The van der Waals surface area contributed by atoms with Crippen LogP contribution in [0.25, 0.3) is 0 Å². The Bertz CT molecular complexity index is 493. The van der Waals surface area contributed by atoms with Crippen LogP contribution in [0.1, 0.15) is 36.7 Å². The number of rotatable bonds is 5. The Kier molecular flexibility index (Phi) is 4.30. The fraction of sp³-hybridized carbons (Fsp3) is 0.533. The van der Waals surface area contributed by atoms with Gasteiger partial charge in [0.25, 0.3) is 0 Å². The zero-order chi connectivity index (χ0) is 14.8. The second-order valence-corrected chi connectivity index (χ2v) is 5.99. The van der Waals surface area contributed by atoms with Crippen LogP contribution in [0.2, 0.25) is 0 Å². The Hall–Kier alpha value is -1.59. The van der Waals surface area contributed by atoms with Crippen molar-refractivity contribution in [2.75, 3.05) is 13.2 Å². The standard InChI is InChI=1S/C15H21NO4/c1-15(2,3)16-7-11(17)9-19-12-4-5-13-10(6-12)8-20-14(13)18/h4-6,11,16-17H,7-9H2,1-3H3. The fourth-order valence-electron chi connectivity index (χ4n) is 1.87. The van der Waals surface area contributed by atoms with E-state index < -0.39 is 6.10 Å². The molecule has 1 aliphatic rings. The quantitative estimate of drug-likeness (QED) is 0.799. The number of esters is 1. The van der Waals surface area contributed by atoms with Gasteiger partial charge >= 0.3 is 5.97 Å². The molecule has 1 aromatic carbocycles. The molecule has 0 radical (unpaired) electrons. The second-order valence-electron chi connectivity index (χ2n) is 5.99. The Balaban J connectivity index is 1.84. The topological polar surface area (TPSA) is 67.8 Å². The van der Waals surface area contributed by atoms with Crippen LogP contribution in [-0.2, 0) is 11.3 Å². The minimum Gasteiger partial charge on any atom is -0.491 e. The highest BCUT2D eigenvalue weighted by molar-refractivity contribution is 5.93. The van der Waals surface area contributed by atoms with Gasteiger partial charge < -0.3 is 19.9 Å². The molecule has 1 unspecified atom stereocenters. The molecule has 0 spiro atoms. The molecule has 0 bridgehead atoms. The molecular weight excluding hydrogens is 258 g/mol. The van der Waals surface area contributed by atoms with Gasteiger partial charge in [-0.05, 0) is 39.0 Å². The monoisotopic (exact) mass is 279 g/mol. The van der Waals surface area contributed by atoms with Gasteiger partial charge in [0.15, 0.2) is 0 Å². The maximum atomic E-state index is 11.3. The van der Waals surface area contributed by atoms with Gasteiger partial charge in [-0.15, -0.1) is 0 Å². The summed E-state index contributed by atoms with van der Waals surface area (Å²) in [4.78, 5) is 11.3. The summed E-state index contributed by atoms with van der Waals surface area (Å²) in [6.45, 7) is 7.08. The van der Waals surface area contributed by atoms with Crippen molar-refractivity contribution in [3.05, 3.63) is 29.3 Å². The smallest absolute Gasteiger partial charge is 0.338 e. The predicted octanol–water partition coefficient (Wildman–Crippen LogP) is 1.48. The highest BCUT2D eigenvalue weighted by Gasteiger charge is 2.21. The van der Waals surface area contributed by atoms with Crippen LogP contribution < -0.4 is 10.1 Å². The van der Waals surface area contributed by atoms with Crippen LogP contribution in [0.3, 0.4) is 0 Å². The van der Waals surface area contributed by atoms with Crippen LogP contribution in [-0.4, -0.2) is 35.9 Å². The van der Waals surface area contributed by atoms with E-state index in [0.29, 0.717) is 24.5 Å². The highest BCUT2D eigenvalue weighted by atomic mass is 16.5. The third-order valence-corrected chi connectivity index (χ3v) is 2.97. The predicted molar refractivity (Wildman–Crippen MR) is 74.8 cm³/mol. The molecule has 2 rings (SSSR count). The number of fused-ring (bicyclic) bond motifs is 1. The van der Waals surface area contributed by atoms with Crippen molar-refractivity contribution in [2.24, 2.45) is 0 Å². The van der Waals surface area contributed by atoms with E-state index >= 15 is 0 Å². The fourth-order valence-corrected chi connectivity index (χ4v) is 1.87. The van der Waals surface area contributed by atoms with Crippen LogP contribution in [0.15, 0.2) is 18.2 Å². The largest absolute Gasteiger partial charge is 0.491 e. The Labute approximate surface area is 118 Å². The molecule has 0 amide bonds. The Morgan fingerprint density at radius 2 is 2.20 bits per heavy atom. The number of β-amino-alcohol motifs (C(OH)–C–C–N with tert-alkyl or cyclic N) is 1. The summed E-state index contributed by atoms with van der Waals surface area (Å²) >= 11 is 0. The average molecular weight is 279 g/mol. The average Bonchev–Trinajstić information content (AvgIpc) is 2.74. The zero-order valence-corrected chi connectivity index (χ0v) is 12.1. The molecule has 20 heavy (non-hydrogen) atoms. The van der Waals surface area contributed by atoms with E-state index in [1.54, 1.807) is 18.2 Å². The summed E-state index contributed by atoms with van der Waals surface area (Å²) in [6.07, 6.45) is -0.583. The molecule has 0 aliphatic carbocycles. The number of ether oxygens (including phenoxy) is 2. The number of hydrogen-bond donors (Lipinski definition) is 2. The second kappa shape index (κ2) is 5.81. The molecule has 110 valence electrons. The van der Waals surface area contributed by atoms with E-state index in [1.165, 1.54) is 0 Å². The molecule has 0 aromatic heterocycles. The summed E-state index contributed by atoms with van der Waals surface area (Å²) in [6, 6.07) is 5.19. The maximum Gasteiger partial charge on any atom is 0.338 e. The molecular formula is C15H21NO4. The lowest BCUT2D eigenvalue weighted by atomic mass is 10.1. The molecule has 0 fully saturated rings. The first-order valence-electron chi connectivity index (χ1n) is 6.71. The summed E-state index contributed by atoms with van der Waals surface area (Å²) in [5.41, 5.74) is 1.38. The van der Waals surface area contributed by atoms with E-state index in [4.69, 9.17) is 9.47 Å². The molecule has 1 heterocycles. The lowest BCUT2D eigenvalue weighted by molar-refractivity contribution is 0.0535. The lowest BCUT2D eigenvalue weighted by Crippen LogP contribution is -2.42. The third-order valence-electron chi connectivity index (χ3n) is 2.97. The highest BCUT2D eigenvalue weighted by Crippen LogP contribution is 2.24. The van der Waals surface area contributed by atoms with Crippen molar-refractivity contribution < 1.29 is 19.4 Å². The molecule has 0 saturated heterocycles. The number of nitrogens with one attached hydrogen (secondary N) is 1. The van der Waals surface area contributed by atoms with E-state index in [9.17, 15) is 9.90 Å².